The van der Waals surface area contributed by atoms with Crippen molar-refractivity contribution in [2.45, 2.75) is 12.8 Å². The van der Waals surface area contributed by atoms with Gasteiger partial charge in [0.2, 0.25) is 11.7 Å². The summed E-state index contributed by atoms with van der Waals surface area (Å²) in [6, 6.07) is 15.2. The van der Waals surface area contributed by atoms with Gasteiger partial charge in [0.15, 0.2) is 0 Å². The van der Waals surface area contributed by atoms with E-state index in [1.807, 2.05) is 36.4 Å². The first-order valence-electron chi connectivity index (χ1n) is 6.64. The van der Waals surface area contributed by atoms with Gasteiger partial charge in [0.05, 0.1) is 0 Å². The molecule has 3 aromatic rings. The van der Waals surface area contributed by atoms with Gasteiger partial charge in [-0.05, 0) is 48.4 Å². The van der Waals surface area contributed by atoms with Crippen molar-refractivity contribution < 1.29 is 4.52 Å². The fourth-order valence-electron chi connectivity index (χ4n) is 2.01. The summed E-state index contributed by atoms with van der Waals surface area (Å²) < 4.78 is 5.28. The van der Waals surface area contributed by atoms with Crippen LogP contribution < -0.4 is 5.73 Å². The molecular weight excluding hydrogens is 286 g/mol. The molecule has 3 rings (SSSR count). The summed E-state index contributed by atoms with van der Waals surface area (Å²) >= 11 is 5.86. The largest absolute Gasteiger partial charge is 0.399 e. The maximum atomic E-state index is 5.86. The van der Waals surface area contributed by atoms with E-state index >= 15 is 0 Å². The second kappa shape index (κ2) is 5.97. The molecule has 5 heteroatoms. The van der Waals surface area contributed by atoms with Crippen LogP contribution in [0.25, 0.3) is 11.4 Å². The Labute approximate surface area is 127 Å². The highest BCUT2D eigenvalue weighted by atomic mass is 35.5. The molecule has 0 aliphatic rings. The summed E-state index contributed by atoms with van der Waals surface area (Å²) in [5, 5.41) is 4.68. The van der Waals surface area contributed by atoms with E-state index in [-0.39, 0.29) is 0 Å². The Morgan fingerprint density at radius 3 is 2.38 bits per heavy atom. The molecule has 0 unspecified atom stereocenters. The Morgan fingerprint density at radius 2 is 1.67 bits per heavy atom. The molecule has 0 atom stereocenters. The lowest BCUT2D eigenvalue weighted by atomic mass is 10.1. The molecule has 0 bridgehead atoms. The van der Waals surface area contributed by atoms with Crippen molar-refractivity contribution in [1.29, 1.82) is 0 Å². The van der Waals surface area contributed by atoms with E-state index in [1.165, 1.54) is 5.56 Å². The maximum Gasteiger partial charge on any atom is 0.227 e. The Balaban J connectivity index is 1.67. The second-order valence-electron chi connectivity index (χ2n) is 4.76. The molecule has 4 nitrogen and oxygen atoms in total. The molecule has 2 N–H and O–H groups in total. The van der Waals surface area contributed by atoms with Gasteiger partial charge in [-0.25, -0.2) is 0 Å². The van der Waals surface area contributed by atoms with E-state index < -0.39 is 0 Å². The van der Waals surface area contributed by atoms with Crippen molar-refractivity contribution in [1.82, 2.24) is 10.1 Å². The van der Waals surface area contributed by atoms with Crippen LogP contribution in [0.1, 0.15) is 11.5 Å². The molecule has 106 valence electrons. The van der Waals surface area contributed by atoms with Gasteiger partial charge >= 0.3 is 0 Å². The van der Waals surface area contributed by atoms with Crippen molar-refractivity contribution in [3.05, 3.63) is 65.0 Å². The standard InChI is InChI=1S/C16H14ClN3O/c17-13-6-4-12(5-7-13)16-19-15(21-20-16)10-3-11-1-8-14(18)9-2-11/h1-2,4-9H,3,10,18H2. The molecule has 1 heterocycles. The van der Waals surface area contributed by atoms with Gasteiger partial charge in [-0.15, -0.1) is 0 Å². The first-order chi connectivity index (χ1) is 10.2. The van der Waals surface area contributed by atoms with Gasteiger partial charge in [-0.2, -0.15) is 4.98 Å². The van der Waals surface area contributed by atoms with Crippen LogP contribution in [-0.4, -0.2) is 10.1 Å². The van der Waals surface area contributed by atoms with Crippen molar-refractivity contribution in [3.8, 4) is 11.4 Å². The molecule has 21 heavy (non-hydrogen) atoms. The highest BCUT2D eigenvalue weighted by Gasteiger charge is 2.08. The quantitative estimate of drug-likeness (QED) is 0.745. The lowest BCUT2D eigenvalue weighted by Crippen LogP contribution is -1.92. The van der Waals surface area contributed by atoms with Gasteiger partial charge in [-0.1, -0.05) is 28.9 Å². The second-order valence-corrected chi connectivity index (χ2v) is 5.20. The van der Waals surface area contributed by atoms with E-state index in [2.05, 4.69) is 10.1 Å². The summed E-state index contributed by atoms with van der Waals surface area (Å²) in [7, 11) is 0. The normalized spacial score (nSPS) is 10.7. The number of rotatable bonds is 4. The van der Waals surface area contributed by atoms with Crippen molar-refractivity contribution in [2.24, 2.45) is 0 Å². The van der Waals surface area contributed by atoms with Crippen LogP contribution in [0, 0.1) is 0 Å². The van der Waals surface area contributed by atoms with E-state index in [0.717, 1.165) is 17.7 Å². The van der Waals surface area contributed by atoms with Crippen molar-refractivity contribution >= 4 is 17.3 Å². The van der Waals surface area contributed by atoms with Crippen molar-refractivity contribution in [3.63, 3.8) is 0 Å². The van der Waals surface area contributed by atoms with E-state index in [0.29, 0.717) is 23.2 Å². The molecule has 0 saturated carbocycles. The Morgan fingerprint density at radius 1 is 0.952 bits per heavy atom. The summed E-state index contributed by atoms with van der Waals surface area (Å²) in [6.45, 7) is 0. The SMILES string of the molecule is Nc1ccc(CCc2nc(-c3ccc(Cl)cc3)no2)cc1. The molecular formula is C16H14ClN3O. The zero-order valence-electron chi connectivity index (χ0n) is 11.3. The lowest BCUT2D eigenvalue weighted by molar-refractivity contribution is 0.379. The Kier molecular flexibility index (Phi) is 3.88. The Bertz CT molecular complexity index is 720. The minimum Gasteiger partial charge on any atom is -0.399 e. The number of halogens is 1. The van der Waals surface area contributed by atoms with Crippen molar-refractivity contribution in [2.75, 3.05) is 5.73 Å². The molecule has 0 aliphatic carbocycles. The summed E-state index contributed by atoms with van der Waals surface area (Å²) in [5.74, 6) is 1.20. The Hall–Kier alpha value is -2.33. The average Bonchev–Trinajstić information content (AvgIpc) is 2.96. The zero-order valence-corrected chi connectivity index (χ0v) is 12.0. The summed E-state index contributed by atoms with van der Waals surface area (Å²) in [6.07, 6.45) is 1.53. The van der Waals surface area contributed by atoms with E-state index in [1.54, 1.807) is 12.1 Å². The fourth-order valence-corrected chi connectivity index (χ4v) is 2.13. The maximum absolute atomic E-state index is 5.86. The molecule has 0 radical (unpaired) electrons. The van der Waals surface area contributed by atoms with Crippen LogP contribution >= 0.6 is 11.6 Å². The van der Waals surface area contributed by atoms with Crippen LogP contribution in [0.4, 0.5) is 5.69 Å². The van der Waals surface area contributed by atoms with Gasteiger partial charge in [0.1, 0.15) is 0 Å². The van der Waals surface area contributed by atoms with Crippen LogP contribution in [-0.2, 0) is 12.8 Å². The number of nitrogen functional groups attached to an aromatic ring is 1. The van der Waals surface area contributed by atoms with Gasteiger partial charge < -0.3 is 10.3 Å². The van der Waals surface area contributed by atoms with Gasteiger partial charge in [-0.3, -0.25) is 0 Å². The number of aromatic nitrogens is 2. The first kappa shape index (κ1) is 13.6. The molecule has 0 aliphatic heterocycles. The lowest BCUT2D eigenvalue weighted by Gasteiger charge is -1.98. The topological polar surface area (TPSA) is 64.9 Å². The molecule has 0 fully saturated rings. The number of aryl methyl sites for hydroxylation is 2. The van der Waals surface area contributed by atoms with Gasteiger partial charge in [0.25, 0.3) is 0 Å². The molecule has 1 aromatic heterocycles. The summed E-state index contributed by atoms with van der Waals surface area (Å²) in [4.78, 5) is 4.40. The van der Waals surface area contributed by atoms with E-state index in [4.69, 9.17) is 21.9 Å². The fraction of sp³-hybridized carbons (Fsp3) is 0.125. The third-order valence-corrected chi connectivity index (χ3v) is 3.43. The highest BCUT2D eigenvalue weighted by molar-refractivity contribution is 6.30. The number of nitrogens with zero attached hydrogens (tertiary/aromatic N) is 2. The minimum absolute atomic E-state index is 0.582. The minimum atomic E-state index is 0.582. The van der Waals surface area contributed by atoms with Crippen LogP contribution in [0.3, 0.4) is 0 Å². The van der Waals surface area contributed by atoms with Crippen LogP contribution in [0.2, 0.25) is 5.02 Å². The number of benzene rings is 2. The zero-order chi connectivity index (χ0) is 14.7. The summed E-state index contributed by atoms with van der Waals surface area (Å²) in [5.41, 5.74) is 8.51. The van der Waals surface area contributed by atoms with Crippen LogP contribution in [0.5, 0.6) is 0 Å². The monoisotopic (exact) mass is 299 g/mol. The molecule has 0 amide bonds. The molecule has 0 spiro atoms. The molecule has 2 aromatic carbocycles. The highest BCUT2D eigenvalue weighted by Crippen LogP contribution is 2.19. The van der Waals surface area contributed by atoms with E-state index in [9.17, 15) is 0 Å². The van der Waals surface area contributed by atoms with Crippen LogP contribution in [0.15, 0.2) is 53.1 Å². The number of hydrogen-bond acceptors (Lipinski definition) is 4. The number of anilines is 1. The smallest absolute Gasteiger partial charge is 0.227 e. The predicted molar refractivity (Wildman–Crippen MR) is 83.0 cm³/mol. The van der Waals surface area contributed by atoms with Gasteiger partial charge in [0, 0.05) is 22.7 Å². The third kappa shape index (κ3) is 3.41. The molecule has 0 saturated heterocycles. The third-order valence-electron chi connectivity index (χ3n) is 3.18. The number of nitrogens with two attached hydrogens (primary N) is 1. The number of hydrogen-bond donors (Lipinski definition) is 1. The predicted octanol–water partition coefficient (Wildman–Crippen LogP) is 3.76. The average molecular weight is 300 g/mol. The first-order valence-corrected chi connectivity index (χ1v) is 7.01.